The van der Waals surface area contributed by atoms with Crippen LogP contribution < -0.4 is 5.73 Å². The number of fused-ring (bicyclic) bond motifs is 5. The van der Waals surface area contributed by atoms with Crippen molar-refractivity contribution in [3.05, 3.63) is 0 Å². The molecule has 5 heteroatoms. The van der Waals surface area contributed by atoms with E-state index >= 15 is 0 Å². The molecule has 5 nitrogen and oxygen atoms in total. The summed E-state index contributed by atoms with van der Waals surface area (Å²) in [5.41, 5.74) is 5.78. The lowest BCUT2D eigenvalue weighted by Crippen LogP contribution is -2.64. The average molecular weight is 391 g/mol. The number of carbonyl (C=O) groups is 1. The number of hydrogen-bond donors (Lipinski definition) is 2. The summed E-state index contributed by atoms with van der Waals surface area (Å²) in [6, 6.07) is -0.0394. The number of nitrogens with zero attached hydrogens (tertiary/aromatic N) is 1. The summed E-state index contributed by atoms with van der Waals surface area (Å²) in [6.45, 7) is 9.16. The number of Topliss-reactive ketones (excluding diaryl/α,β-unsaturated/α-hetero) is 1. The van der Waals surface area contributed by atoms with E-state index in [2.05, 4.69) is 25.9 Å². The van der Waals surface area contributed by atoms with Gasteiger partial charge >= 0.3 is 0 Å². The first-order chi connectivity index (χ1) is 13.1. The molecule has 4 saturated carbocycles. The van der Waals surface area contributed by atoms with Crippen molar-refractivity contribution in [1.82, 2.24) is 0 Å². The van der Waals surface area contributed by atoms with Crippen molar-refractivity contribution in [2.75, 3.05) is 6.61 Å². The first kappa shape index (κ1) is 20.3. The van der Waals surface area contributed by atoms with E-state index in [1.165, 1.54) is 0 Å². The van der Waals surface area contributed by atoms with Gasteiger partial charge in [0.25, 0.3) is 0 Å². The summed E-state index contributed by atoms with van der Waals surface area (Å²) >= 11 is 0. The quantitative estimate of drug-likeness (QED) is 0.720. The van der Waals surface area contributed by atoms with Crippen molar-refractivity contribution in [3.63, 3.8) is 0 Å². The van der Waals surface area contributed by atoms with Crippen LogP contribution in [0.3, 0.4) is 0 Å². The second-order valence-corrected chi connectivity index (χ2v) is 10.9. The molecule has 0 heterocycles. The molecule has 158 valence electrons. The lowest BCUT2D eigenvalue weighted by Gasteiger charge is -2.64. The Bertz CT molecular complexity index is 677. The van der Waals surface area contributed by atoms with Gasteiger partial charge in [-0.1, -0.05) is 25.9 Å². The van der Waals surface area contributed by atoms with Gasteiger partial charge in [-0.25, -0.2) is 0 Å². The predicted molar refractivity (Wildman–Crippen MR) is 110 cm³/mol. The van der Waals surface area contributed by atoms with Gasteiger partial charge in [-0.15, -0.1) is 0 Å². The molecule has 4 rings (SSSR count). The molecule has 0 saturated heterocycles. The zero-order valence-corrected chi connectivity index (χ0v) is 18.0. The van der Waals surface area contributed by atoms with Crippen molar-refractivity contribution >= 4 is 11.5 Å². The van der Waals surface area contributed by atoms with Gasteiger partial charge in [-0.3, -0.25) is 4.79 Å². The molecule has 4 aliphatic rings. The zero-order chi connectivity index (χ0) is 20.3. The van der Waals surface area contributed by atoms with E-state index in [-0.39, 0.29) is 16.9 Å². The van der Waals surface area contributed by atoms with Gasteiger partial charge < -0.3 is 15.7 Å². The van der Waals surface area contributed by atoms with Crippen LogP contribution in [0.15, 0.2) is 5.16 Å². The van der Waals surface area contributed by atoms with Crippen LogP contribution in [0, 0.1) is 34.5 Å². The van der Waals surface area contributed by atoms with Crippen LogP contribution in [0.1, 0.15) is 79.1 Å². The summed E-state index contributed by atoms with van der Waals surface area (Å²) in [7, 11) is 0. The largest absolute Gasteiger partial charge is 0.394 e. The van der Waals surface area contributed by atoms with Crippen LogP contribution in [0.4, 0.5) is 0 Å². The fourth-order valence-corrected chi connectivity index (χ4v) is 7.60. The van der Waals surface area contributed by atoms with Crippen LogP contribution in [0.5, 0.6) is 0 Å². The SMILES string of the molecule is C[C@@H]1C[C@@]2(O)CC(=NOC[C@@H](C)N)CC[C@]2(C)[C@H]2CC[C@]3(C)C(=O)CC[C@H]3[C@H]12. The maximum atomic E-state index is 12.6. The molecule has 0 aromatic heterocycles. The molecule has 3 N–H and O–H groups in total. The smallest absolute Gasteiger partial charge is 0.139 e. The molecule has 0 radical (unpaired) electrons. The normalized spacial score (nSPS) is 50.6. The Morgan fingerprint density at radius 2 is 2.00 bits per heavy atom. The highest BCUT2D eigenvalue weighted by atomic mass is 16.6. The van der Waals surface area contributed by atoms with Crippen LogP contribution in [0.2, 0.25) is 0 Å². The molecular formula is C23H38N2O3. The molecule has 0 aromatic carbocycles. The first-order valence-corrected chi connectivity index (χ1v) is 11.3. The number of oxime groups is 1. The van der Waals surface area contributed by atoms with Gasteiger partial charge in [-0.2, -0.15) is 0 Å². The van der Waals surface area contributed by atoms with E-state index in [1.807, 2.05) is 6.92 Å². The zero-order valence-electron chi connectivity index (χ0n) is 18.0. The minimum atomic E-state index is -0.723. The van der Waals surface area contributed by atoms with Crippen molar-refractivity contribution in [2.45, 2.75) is 90.7 Å². The van der Waals surface area contributed by atoms with Gasteiger partial charge in [0, 0.05) is 29.7 Å². The number of nitrogens with two attached hydrogens (primary N) is 1. The first-order valence-electron chi connectivity index (χ1n) is 11.3. The number of rotatable bonds is 3. The van der Waals surface area contributed by atoms with Crippen molar-refractivity contribution < 1.29 is 14.7 Å². The predicted octanol–water partition coefficient (Wildman–Crippen LogP) is 3.68. The number of hydrogen-bond acceptors (Lipinski definition) is 5. The standard InChI is InChI=1S/C23H38N2O3/c1-14-11-23(27)12-16(25-28-13-15(2)24)7-10-22(23,4)18-8-9-21(3)17(20(14)18)5-6-19(21)26/h14-15,17-18,20,27H,5-13,24H2,1-4H3/t14-,15-,17+,18+,20+,21+,22-,23-/m1/s1. The molecule has 0 aliphatic heterocycles. The highest BCUT2D eigenvalue weighted by Gasteiger charge is 2.66. The Balaban J connectivity index is 1.59. The van der Waals surface area contributed by atoms with E-state index < -0.39 is 5.60 Å². The van der Waals surface area contributed by atoms with E-state index in [9.17, 15) is 9.90 Å². The van der Waals surface area contributed by atoms with Crippen LogP contribution in [0.25, 0.3) is 0 Å². The summed E-state index contributed by atoms with van der Waals surface area (Å²) in [4.78, 5) is 18.1. The minimum Gasteiger partial charge on any atom is -0.394 e. The van der Waals surface area contributed by atoms with Gasteiger partial charge in [0.05, 0.1) is 11.3 Å². The number of carbonyl (C=O) groups excluding carboxylic acids is 1. The molecular weight excluding hydrogens is 352 g/mol. The molecule has 0 aromatic rings. The molecule has 4 aliphatic carbocycles. The van der Waals surface area contributed by atoms with Crippen LogP contribution in [-0.2, 0) is 9.63 Å². The van der Waals surface area contributed by atoms with Gasteiger partial charge in [0.15, 0.2) is 0 Å². The van der Waals surface area contributed by atoms with Gasteiger partial charge in [-0.05, 0) is 69.1 Å². The summed E-state index contributed by atoms with van der Waals surface area (Å²) < 4.78 is 0. The van der Waals surface area contributed by atoms with Crippen molar-refractivity contribution in [2.24, 2.45) is 45.4 Å². The summed E-state index contributed by atoms with van der Waals surface area (Å²) in [5, 5.41) is 16.2. The highest BCUT2D eigenvalue weighted by molar-refractivity contribution is 5.87. The fraction of sp³-hybridized carbons (Fsp3) is 0.913. The molecule has 4 fully saturated rings. The lowest BCUT2D eigenvalue weighted by atomic mass is 9.41. The third-order valence-electron chi connectivity index (χ3n) is 9.20. The average Bonchev–Trinajstić information content (AvgIpc) is 2.91. The van der Waals surface area contributed by atoms with Crippen molar-refractivity contribution in [3.8, 4) is 0 Å². The fourth-order valence-electron chi connectivity index (χ4n) is 7.60. The second-order valence-electron chi connectivity index (χ2n) is 10.9. The number of ketones is 1. The third kappa shape index (κ3) is 2.87. The molecule has 0 spiro atoms. The maximum Gasteiger partial charge on any atom is 0.139 e. The van der Waals surface area contributed by atoms with Gasteiger partial charge in [0.1, 0.15) is 12.4 Å². The molecule has 0 amide bonds. The Labute approximate surface area is 169 Å². The Morgan fingerprint density at radius 1 is 1.25 bits per heavy atom. The van der Waals surface area contributed by atoms with Crippen LogP contribution in [-0.4, -0.2) is 34.9 Å². The topological polar surface area (TPSA) is 84.9 Å². The van der Waals surface area contributed by atoms with E-state index in [0.29, 0.717) is 42.5 Å². The Kier molecular flexibility index (Phi) is 4.94. The molecule has 28 heavy (non-hydrogen) atoms. The van der Waals surface area contributed by atoms with Crippen LogP contribution >= 0.6 is 0 Å². The van der Waals surface area contributed by atoms with E-state index in [4.69, 9.17) is 10.6 Å². The summed E-state index contributed by atoms with van der Waals surface area (Å²) in [6.07, 6.45) is 7.12. The monoisotopic (exact) mass is 390 g/mol. The third-order valence-corrected chi connectivity index (χ3v) is 9.20. The molecule has 8 atom stereocenters. The maximum absolute atomic E-state index is 12.6. The van der Waals surface area contributed by atoms with E-state index in [0.717, 1.165) is 50.7 Å². The highest BCUT2D eigenvalue weighted by Crippen LogP contribution is 2.67. The molecule has 0 bridgehead atoms. The minimum absolute atomic E-state index is 0.0394. The molecule has 0 unspecified atom stereocenters. The van der Waals surface area contributed by atoms with E-state index in [1.54, 1.807) is 0 Å². The van der Waals surface area contributed by atoms with Gasteiger partial charge in [0.2, 0.25) is 0 Å². The summed E-state index contributed by atoms with van der Waals surface area (Å²) in [5.74, 6) is 2.47. The number of aliphatic hydroxyl groups is 1. The lowest BCUT2D eigenvalue weighted by molar-refractivity contribution is -0.206. The Hall–Kier alpha value is -0.940. The van der Waals surface area contributed by atoms with Crippen molar-refractivity contribution in [1.29, 1.82) is 0 Å². The Morgan fingerprint density at radius 3 is 2.71 bits per heavy atom. The second kappa shape index (κ2) is 6.80.